The number of carbonyl (C=O) groups excluding carboxylic acids is 3. The van der Waals surface area contributed by atoms with E-state index in [1.807, 2.05) is 16.9 Å². The lowest BCUT2D eigenvalue weighted by atomic mass is 10.2. The Balaban J connectivity index is 1.76. The SMILES string of the molecule is CS(=O)(=O)NC(=O)c1ccc(NC(=O)C(=O)c2c(P)cc3ccccn23)cc1. The zero-order valence-corrected chi connectivity index (χ0v) is 16.6. The van der Waals surface area contributed by atoms with Gasteiger partial charge in [0.1, 0.15) is 5.69 Å². The first-order valence-corrected chi connectivity index (χ1v) is 10.5. The van der Waals surface area contributed by atoms with Crippen LogP contribution in [0.25, 0.3) is 5.52 Å². The van der Waals surface area contributed by atoms with Crippen molar-refractivity contribution in [3.63, 3.8) is 0 Å². The largest absolute Gasteiger partial charge is 0.319 e. The number of hydrogen-bond donors (Lipinski definition) is 2. The number of fused-ring (bicyclic) bond motifs is 1. The molecular weight excluding hydrogens is 401 g/mol. The number of pyridine rings is 1. The first-order valence-electron chi connectivity index (χ1n) is 7.99. The Morgan fingerprint density at radius 3 is 2.36 bits per heavy atom. The number of Topliss-reactive ketones (excluding diaryl/α,β-unsaturated/α-hetero) is 1. The second kappa shape index (κ2) is 7.53. The number of anilines is 1. The number of rotatable bonds is 5. The highest BCUT2D eigenvalue weighted by atomic mass is 32.2. The summed E-state index contributed by atoms with van der Waals surface area (Å²) in [5.41, 5.74) is 1.41. The van der Waals surface area contributed by atoms with Gasteiger partial charge in [-0.3, -0.25) is 14.4 Å². The summed E-state index contributed by atoms with van der Waals surface area (Å²) in [7, 11) is -1.24. The number of nitrogens with one attached hydrogen (secondary N) is 2. The fourth-order valence-corrected chi connectivity index (χ4v) is 3.51. The average Bonchev–Trinajstić information content (AvgIpc) is 2.95. The quantitative estimate of drug-likeness (QED) is 0.365. The van der Waals surface area contributed by atoms with Crippen LogP contribution in [-0.4, -0.2) is 36.7 Å². The number of nitrogens with zero attached hydrogens (tertiary/aromatic N) is 1. The monoisotopic (exact) mass is 417 g/mol. The highest BCUT2D eigenvalue weighted by Gasteiger charge is 2.22. The van der Waals surface area contributed by atoms with Gasteiger partial charge in [0.15, 0.2) is 0 Å². The number of aromatic nitrogens is 1. The Labute approximate surface area is 163 Å². The van der Waals surface area contributed by atoms with E-state index < -0.39 is 27.6 Å². The van der Waals surface area contributed by atoms with Gasteiger partial charge in [0.25, 0.3) is 17.6 Å². The molecule has 8 nitrogen and oxygen atoms in total. The second-order valence-electron chi connectivity index (χ2n) is 6.01. The van der Waals surface area contributed by atoms with Crippen molar-refractivity contribution in [2.45, 2.75) is 0 Å². The molecule has 0 bridgehead atoms. The lowest BCUT2D eigenvalue weighted by Gasteiger charge is -2.07. The zero-order valence-electron chi connectivity index (χ0n) is 14.7. The van der Waals surface area contributed by atoms with Gasteiger partial charge in [0.2, 0.25) is 10.0 Å². The molecule has 2 aromatic heterocycles. The minimum atomic E-state index is -3.68. The lowest BCUT2D eigenvalue weighted by Crippen LogP contribution is -2.29. The maximum Gasteiger partial charge on any atom is 0.298 e. The highest BCUT2D eigenvalue weighted by molar-refractivity contribution is 7.89. The van der Waals surface area contributed by atoms with E-state index in [-0.39, 0.29) is 11.3 Å². The average molecular weight is 417 g/mol. The first kappa shape index (κ1) is 19.7. The summed E-state index contributed by atoms with van der Waals surface area (Å²) in [6, 6.07) is 12.7. The van der Waals surface area contributed by atoms with Crippen molar-refractivity contribution in [1.29, 1.82) is 0 Å². The zero-order chi connectivity index (χ0) is 20.5. The molecule has 0 aliphatic carbocycles. The van der Waals surface area contributed by atoms with Crippen LogP contribution in [0.3, 0.4) is 0 Å². The minimum absolute atomic E-state index is 0.0968. The van der Waals surface area contributed by atoms with Crippen molar-refractivity contribution in [2.24, 2.45) is 0 Å². The van der Waals surface area contributed by atoms with Crippen molar-refractivity contribution in [2.75, 3.05) is 11.6 Å². The third-order valence-electron chi connectivity index (χ3n) is 3.81. The topological polar surface area (TPSA) is 114 Å². The summed E-state index contributed by atoms with van der Waals surface area (Å²) in [4.78, 5) is 36.8. The van der Waals surface area contributed by atoms with Gasteiger partial charge in [-0.15, -0.1) is 9.24 Å². The summed E-state index contributed by atoms with van der Waals surface area (Å²) < 4.78 is 25.7. The van der Waals surface area contributed by atoms with Crippen molar-refractivity contribution < 1.29 is 22.8 Å². The smallest absolute Gasteiger partial charge is 0.298 e. The molecule has 2 N–H and O–H groups in total. The molecule has 0 saturated heterocycles. The van der Waals surface area contributed by atoms with E-state index in [0.29, 0.717) is 11.0 Å². The normalized spacial score (nSPS) is 11.2. The van der Waals surface area contributed by atoms with Gasteiger partial charge in [0, 0.05) is 28.3 Å². The van der Waals surface area contributed by atoms with Crippen LogP contribution >= 0.6 is 9.24 Å². The highest BCUT2D eigenvalue weighted by Crippen LogP contribution is 2.14. The van der Waals surface area contributed by atoms with Gasteiger partial charge < -0.3 is 9.72 Å². The van der Waals surface area contributed by atoms with Crippen LogP contribution in [0.1, 0.15) is 20.8 Å². The number of ketones is 1. The molecule has 1 aromatic carbocycles. The van der Waals surface area contributed by atoms with Gasteiger partial charge in [-0.1, -0.05) is 6.07 Å². The molecule has 1 atom stereocenters. The maximum absolute atomic E-state index is 12.6. The van der Waals surface area contributed by atoms with Crippen molar-refractivity contribution in [3.05, 3.63) is 66.0 Å². The Kier molecular flexibility index (Phi) is 5.31. The van der Waals surface area contributed by atoms with Gasteiger partial charge in [-0.25, -0.2) is 13.1 Å². The standard InChI is InChI=1S/C18H16N3O5PS/c1-28(25,26)20-17(23)11-5-7-12(8-6-11)19-18(24)16(22)15-14(27)10-13-4-2-3-9-21(13)15/h2-10H,27H2,1H3,(H,19,24)(H,20,23). The molecule has 0 radical (unpaired) electrons. The summed E-state index contributed by atoms with van der Waals surface area (Å²) in [5.74, 6) is -2.33. The van der Waals surface area contributed by atoms with Crippen LogP contribution in [0, 0.1) is 0 Å². The number of sulfonamides is 1. The molecule has 10 heteroatoms. The molecule has 0 aliphatic rings. The molecule has 0 fully saturated rings. The van der Waals surface area contributed by atoms with Gasteiger partial charge in [-0.05, 0) is 42.5 Å². The Hall–Kier alpha value is -3.03. The number of amides is 2. The molecule has 28 heavy (non-hydrogen) atoms. The van der Waals surface area contributed by atoms with Crippen LogP contribution < -0.4 is 15.3 Å². The van der Waals surface area contributed by atoms with E-state index in [1.54, 1.807) is 22.7 Å². The Morgan fingerprint density at radius 2 is 1.71 bits per heavy atom. The molecule has 3 rings (SSSR count). The molecule has 0 aliphatic heterocycles. The van der Waals surface area contributed by atoms with Crippen molar-refractivity contribution >= 4 is 53.4 Å². The van der Waals surface area contributed by atoms with E-state index >= 15 is 0 Å². The van der Waals surface area contributed by atoms with Crippen molar-refractivity contribution in [1.82, 2.24) is 9.12 Å². The van der Waals surface area contributed by atoms with Gasteiger partial charge in [-0.2, -0.15) is 0 Å². The summed E-state index contributed by atoms with van der Waals surface area (Å²) in [6.45, 7) is 0. The summed E-state index contributed by atoms with van der Waals surface area (Å²) >= 11 is 0. The first-order chi connectivity index (χ1) is 13.2. The van der Waals surface area contributed by atoms with E-state index in [4.69, 9.17) is 0 Å². The van der Waals surface area contributed by atoms with Crippen molar-refractivity contribution in [3.8, 4) is 0 Å². The predicted molar refractivity (Wildman–Crippen MR) is 108 cm³/mol. The van der Waals surface area contributed by atoms with Gasteiger partial charge >= 0.3 is 0 Å². The maximum atomic E-state index is 12.6. The Morgan fingerprint density at radius 1 is 1.04 bits per heavy atom. The molecule has 3 aromatic rings. The number of hydrogen-bond acceptors (Lipinski definition) is 5. The molecule has 2 amide bonds. The third-order valence-corrected chi connectivity index (χ3v) is 4.81. The number of benzene rings is 1. The fourth-order valence-electron chi connectivity index (χ4n) is 2.61. The van der Waals surface area contributed by atoms with E-state index in [0.717, 1.165) is 11.8 Å². The Bertz CT molecular complexity index is 1200. The summed E-state index contributed by atoms with van der Waals surface area (Å²) in [6.07, 6.45) is 2.56. The molecular formula is C18H16N3O5PS. The van der Waals surface area contributed by atoms with Gasteiger partial charge in [0.05, 0.1) is 6.26 Å². The van der Waals surface area contributed by atoms with Crippen LogP contribution in [0.2, 0.25) is 0 Å². The second-order valence-corrected chi connectivity index (χ2v) is 8.38. The van der Waals surface area contributed by atoms with E-state index in [1.165, 1.54) is 24.3 Å². The van der Waals surface area contributed by atoms with Crippen LogP contribution in [-0.2, 0) is 14.8 Å². The van der Waals surface area contributed by atoms with E-state index in [9.17, 15) is 22.8 Å². The van der Waals surface area contributed by atoms with Crippen LogP contribution in [0.15, 0.2) is 54.7 Å². The molecule has 144 valence electrons. The predicted octanol–water partition coefficient (Wildman–Crippen LogP) is 0.950. The molecule has 2 heterocycles. The lowest BCUT2D eigenvalue weighted by molar-refractivity contribution is -0.112. The summed E-state index contributed by atoms with van der Waals surface area (Å²) in [5, 5.41) is 3.07. The number of carbonyl (C=O) groups is 3. The van der Waals surface area contributed by atoms with Crippen LogP contribution in [0.5, 0.6) is 0 Å². The molecule has 1 unspecified atom stereocenters. The van der Waals surface area contributed by atoms with Crippen LogP contribution in [0.4, 0.5) is 5.69 Å². The minimum Gasteiger partial charge on any atom is -0.319 e. The van der Waals surface area contributed by atoms with E-state index in [2.05, 4.69) is 14.6 Å². The molecule has 0 spiro atoms. The fraction of sp³-hybridized carbons (Fsp3) is 0.0556. The third kappa shape index (κ3) is 4.27. The molecule has 0 saturated carbocycles.